The van der Waals surface area contributed by atoms with Gasteiger partial charge in [0.25, 0.3) is 0 Å². The number of benzene rings is 2. The van der Waals surface area contributed by atoms with Crippen molar-refractivity contribution in [3.63, 3.8) is 0 Å². The van der Waals surface area contributed by atoms with Gasteiger partial charge < -0.3 is 10.2 Å². The molecule has 2 aromatic rings. The zero-order valence-electron chi connectivity index (χ0n) is 11.9. The minimum Gasteiger partial charge on any atom is -0.507 e. The van der Waals surface area contributed by atoms with Gasteiger partial charge in [-0.25, -0.2) is 8.78 Å². The van der Waals surface area contributed by atoms with Crippen LogP contribution < -0.4 is 0 Å². The SMILES string of the molecule is Oc1ccc(F)cc1C(F)(F)F.Oc1ccc(F)cc1C(F)(F)F.[Zr]. The van der Waals surface area contributed by atoms with Crippen LogP contribution >= 0.6 is 0 Å². The summed E-state index contributed by atoms with van der Waals surface area (Å²) in [5.74, 6) is -3.99. The van der Waals surface area contributed by atoms with Gasteiger partial charge in [-0.15, -0.1) is 0 Å². The first-order chi connectivity index (χ1) is 10.8. The minimum atomic E-state index is -4.72. The van der Waals surface area contributed by atoms with E-state index in [2.05, 4.69) is 0 Å². The van der Waals surface area contributed by atoms with E-state index in [1.54, 1.807) is 0 Å². The van der Waals surface area contributed by atoms with Crippen molar-refractivity contribution >= 4 is 0 Å². The smallest absolute Gasteiger partial charge is 0.420 e. The first-order valence-corrected chi connectivity index (χ1v) is 5.94. The summed E-state index contributed by atoms with van der Waals surface area (Å²) in [7, 11) is 0. The van der Waals surface area contributed by atoms with E-state index in [1.807, 2.05) is 0 Å². The molecule has 0 heterocycles. The van der Waals surface area contributed by atoms with Crippen LogP contribution in [0.5, 0.6) is 11.5 Å². The monoisotopic (exact) mass is 450 g/mol. The van der Waals surface area contributed by atoms with E-state index in [-0.39, 0.29) is 38.3 Å². The molecule has 0 saturated carbocycles. The van der Waals surface area contributed by atoms with Crippen molar-refractivity contribution in [2.75, 3.05) is 0 Å². The van der Waals surface area contributed by atoms with E-state index in [4.69, 9.17) is 10.2 Å². The Morgan fingerprint density at radius 2 is 0.880 bits per heavy atom. The number of hydrogen-bond acceptors (Lipinski definition) is 2. The predicted octanol–water partition coefficient (Wildman–Crippen LogP) is 5.10. The molecule has 0 aliphatic rings. The Bertz CT molecular complexity index is 651. The van der Waals surface area contributed by atoms with Crippen molar-refractivity contribution < 1.29 is 71.5 Å². The molecule has 2 aromatic carbocycles. The van der Waals surface area contributed by atoms with Crippen LogP contribution in [0.15, 0.2) is 36.4 Å². The van der Waals surface area contributed by atoms with E-state index in [1.165, 1.54) is 0 Å². The van der Waals surface area contributed by atoms with Crippen LogP contribution in [0.1, 0.15) is 11.1 Å². The van der Waals surface area contributed by atoms with Crippen molar-refractivity contribution in [2.24, 2.45) is 0 Å². The van der Waals surface area contributed by atoms with Crippen LogP contribution in [0.25, 0.3) is 0 Å². The molecule has 2 N–H and O–H groups in total. The molecule has 0 bridgehead atoms. The zero-order chi connectivity index (χ0) is 18.7. The number of phenolic OH excluding ortho intramolecular Hbond substituents is 2. The van der Waals surface area contributed by atoms with E-state index in [0.717, 1.165) is 12.1 Å². The molecule has 2 rings (SSSR count). The second kappa shape index (κ2) is 8.64. The van der Waals surface area contributed by atoms with E-state index in [0.29, 0.717) is 12.1 Å². The van der Waals surface area contributed by atoms with Crippen LogP contribution in [-0.2, 0) is 38.6 Å². The molecule has 0 saturated heterocycles. The Morgan fingerprint density at radius 1 is 0.600 bits per heavy atom. The Balaban J connectivity index is 0.000000443. The molecule has 25 heavy (non-hydrogen) atoms. The topological polar surface area (TPSA) is 40.5 Å². The van der Waals surface area contributed by atoms with E-state index < -0.39 is 46.6 Å². The Morgan fingerprint density at radius 3 is 1.08 bits per heavy atom. The summed E-state index contributed by atoms with van der Waals surface area (Å²) in [5.41, 5.74) is -2.72. The van der Waals surface area contributed by atoms with Gasteiger partial charge in [0.05, 0.1) is 0 Å². The van der Waals surface area contributed by atoms with Crippen LogP contribution in [0.2, 0.25) is 0 Å². The number of alkyl halides is 6. The third-order valence-electron chi connectivity index (χ3n) is 2.53. The molecule has 0 atom stereocenters. The maximum Gasteiger partial charge on any atom is 0.420 e. The van der Waals surface area contributed by atoms with E-state index in [9.17, 15) is 35.1 Å². The number of aromatic hydroxyl groups is 2. The summed E-state index contributed by atoms with van der Waals surface area (Å²) in [6.07, 6.45) is -9.43. The molecule has 0 unspecified atom stereocenters. The van der Waals surface area contributed by atoms with Gasteiger partial charge in [-0.2, -0.15) is 26.3 Å². The van der Waals surface area contributed by atoms with Gasteiger partial charge in [-0.1, -0.05) is 0 Å². The second-order valence-corrected chi connectivity index (χ2v) is 4.32. The Labute approximate surface area is 154 Å². The maximum atomic E-state index is 12.3. The summed E-state index contributed by atoms with van der Waals surface area (Å²) in [6.45, 7) is 0. The number of halogens is 8. The van der Waals surface area contributed by atoms with Crippen molar-refractivity contribution in [3.8, 4) is 11.5 Å². The quantitative estimate of drug-likeness (QED) is 0.548. The van der Waals surface area contributed by atoms with Crippen molar-refractivity contribution in [3.05, 3.63) is 59.2 Å². The van der Waals surface area contributed by atoms with Crippen molar-refractivity contribution in [2.45, 2.75) is 12.4 Å². The summed E-state index contributed by atoms with van der Waals surface area (Å²) < 4.78 is 95.9. The second-order valence-electron chi connectivity index (χ2n) is 4.32. The fourth-order valence-corrected chi connectivity index (χ4v) is 1.47. The molecule has 0 amide bonds. The van der Waals surface area contributed by atoms with Crippen LogP contribution in [0.3, 0.4) is 0 Å². The van der Waals surface area contributed by atoms with Gasteiger partial charge in [0, 0.05) is 26.2 Å². The number of rotatable bonds is 0. The predicted molar refractivity (Wildman–Crippen MR) is 66.1 cm³/mol. The molecule has 0 aliphatic carbocycles. The molecule has 11 heteroatoms. The molecular formula is C14H8F8O2Zr. The van der Waals surface area contributed by atoms with Gasteiger partial charge in [0.15, 0.2) is 0 Å². The molecule has 0 aromatic heterocycles. The third kappa shape index (κ3) is 7.01. The van der Waals surface area contributed by atoms with Gasteiger partial charge in [0.2, 0.25) is 0 Å². The average Bonchev–Trinajstić information content (AvgIpc) is 2.42. The molecule has 2 nitrogen and oxygen atoms in total. The van der Waals surface area contributed by atoms with Crippen LogP contribution in [0.4, 0.5) is 35.1 Å². The summed E-state index contributed by atoms with van der Waals surface area (Å²) in [6, 6.07) is 3.33. The third-order valence-corrected chi connectivity index (χ3v) is 2.53. The van der Waals surface area contributed by atoms with Gasteiger partial charge in [-0.05, 0) is 36.4 Å². The van der Waals surface area contributed by atoms with Gasteiger partial charge in [0.1, 0.15) is 34.3 Å². The molecular weight excluding hydrogens is 443 g/mol. The zero-order valence-corrected chi connectivity index (χ0v) is 14.3. The summed E-state index contributed by atoms with van der Waals surface area (Å²) in [5, 5.41) is 17.4. The fraction of sp³-hybridized carbons (Fsp3) is 0.143. The van der Waals surface area contributed by atoms with Crippen molar-refractivity contribution in [1.82, 2.24) is 0 Å². The van der Waals surface area contributed by atoms with E-state index >= 15 is 0 Å². The van der Waals surface area contributed by atoms with Crippen LogP contribution in [0, 0.1) is 11.6 Å². The summed E-state index contributed by atoms with van der Waals surface area (Å²) >= 11 is 0. The minimum absolute atomic E-state index is 0. The first-order valence-electron chi connectivity index (χ1n) is 5.94. The average molecular weight is 451 g/mol. The fourth-order valence-electron chi connectivity index (χ4n) is 1.47. The standard InChI is InChI=1S/2C7H4F4O.Zr/c2*8-4-1-2-6(12)5(3-4)7(9,10)11;/h2*1-3,12H;. The van der Waals surface area contributed by atoms with Gasteiger partial charge >= 0.3 is 12.4 Å². The van der Waals surface area contributed by atoms with Crippen LogP contribution in [-0.4, -0.2) is 10.2 Å². The first kappa shape index (κ1) is 23.4. The normalized spacial score (nSPS) is 11.2. The molecule has 0 spiro atoms. The largest absolute Gasteiger partial charge is 0.507 e. The van der Waals surface area contributed by atoms with Crippen molar-refractivity contribution in [1.29, 1.82) is 0 Å². The molecule has 0 radical (unpaired) electrons. The Kier molecular flexibility index (Phi) is 8.08. The molecule has 0 aliphatic heterocycles. The summed E-state index contributed by atoms with van der Waals surface area (Å²) in [4.78, 5) is 0. The number of hydrogen-bond donors (Lipinski definition) is 2. The Hall–Kier alpha value is -1.64. The maximum absolute atomic E-state index is 12.3. The molecule has 0 fully saturated rings. The molecule has 136 valence electrons. The number of phenols is 2. The van der Waals surface area contributed by atoms with Gasteiger partial charge in [-0.3, -0.25) is 0 Å².